The molecule has 0 radical (unpaired) electrons. The van der Waals surface area contributed by atoms with E-state index in [1.807, 2.05) is 0 Å². The van der Waals surface area contributed by atoms with Gasteiger partial charge in [-0.15, -0.1) is 11.8 Å². The van der Waals surface area contributed by atoms with Gasteiger partial charge in [-0.3, -0.25) is 9.59 Å². The molecule has 0 N–H and O–H groups in total. The van der Waals surface area contributed by atoms with Crippen molar-refractivity contribution in [3.05, 3.63) is 12.2 Å². The van der Waals surface area contributed by atoms with Gasteiger partial charge in [-0.1, -0.05) is 26.0 Å². The normalized spacial score (nSPS) is 43.3. The molecule has 1 saturated carbocycles. The smallest absolute Gasteiger partial charge is 0.330 e. The monoisotopic (exact) mass is 266 g/mol. The second kappa shape index (κ2) is 3.41. The van der Waals surface area contributed by atoms with Gasteiger partial charge in [0.25, 0.3) is 0 Å². The van der Waals surface area contributed by atoms with Crippen LogP contribution < -0.4 is 0 Å². The molecule has 1 heterocycles. The van der Waals surface area contributed by atoms with Gasteiger partial charge in [0.2, 0.25) is 0 Å². The average molecular weight is 266 g/mol. The fourth-order valence-corrected chi connectivity index (χ4v) is 5.91. The van der Waals surface area contributed by atoms with Crippen molar-refractivity contribution in [2.45, 2.75) is 43.6 Å². The Morgan fingerprint density at radius 1 is 1.56 bits per heavy atom. The fraction of sp³-hybridized carbons (Fsp3) is 0.714. The number of carbonyl (C=O) groups excluding carboxylic acids is 2. The molecule has 0 aromatic heterocycles. The first-order valence-electron chi connectivity index (χ1n) is 6.47. The summed E-state index contributed by atoms with van der Waals surface area (Å²) in [4.78, 5) is 25.0. The highest BCUT2D eigenvalue weighted by atomic mass is 32.2. The van der Waals surface area contributed by atoms with Crippen LogP contribution in [-0.4, -0.2) is 28.4 Å². The zero-order chi connectivity index (χ0) is 13.2. The molecule has 1 unspecified atom stereocenters. The molecule has 3 aliphatic rings. The molecule has 3 rings (SSSR count). The van der Waals surface area contributed by atoms with Crippen LogP contribution in [0.15, 0.2) is 12.2 Å². The molecule has 1 aliphatic heterocycles. The molecule has 98 valence electrons. The first-order valence-corrected chi connectivity index (χ1v) is 7.35. The van der Waals surface area contributed by atoms with Crippen molar-refractivity contribution in [1.82, 2.24) is 0 Å². The van der Waals surface area contributed by atoms with Crippen LogP contribution in [0.2, 0.25) is 0 Å². The largest absolute Gasteiger partial charge is 0.465 e. The summed E-state index contributed by atoms with van der Waals surface area (Å²) in [7, 11) is 0. The first-order chi connectivity index (χ1) is 8.39. The van der Waals surface area contributed by atoms with Crippen LogP contribution in [0.3, 0.4) is 0 Å². The van der Waals surface area contributed by atoms with E-state index in [9.17, 15) is 9.59 Å². The van der Waals surface area contributed by atoms with Crippen molar-refractivity contribution in [2.75, 3.05) is 6.61 Å². The predicted octanol–water partition coefficient (Wildman–Crippen LogP) is 2.35. The van der Waals surface area contributed by atoms with Crippen LogP contribution in [0.4, 0.5) is 0 Å². The molecule has 2 bridgehead atoms. The molecular weight excluding hydrogens is 248 g/mol. The average Bonchev–Trinajstić information content (AvgIpc) is 2.89. The lowest BCUT2D eigenvalue weighted by atomic mass is 9.63. The quantitative estimate of drug-likeness (QED) is 0.437. The number of thioether (sulfide) groups is 1. The van der Waals surface area contributed by atoms with E-state index in [2.05, 4.69) is 26.0 Å². The highest BCUT2D eigenvalue weighted by molar-refractivity contribution is 8.03. The van der Waals surface area contributed by atoms with Crippen LogP contribution in [0.1, 0.15) is 33.6 Å². The van der Waals surface area contributed by atoms with E-state index >= 15 is 0 Å². The molecule has 3 nitrogen and oxygen atoms in total. The molecule has 2 aliphatic carbocycles. The third-order valence-electron chi connectivity index (χ3n) is 4.84. The van der Waals surface area contributed by atoms with Gasteiger partial charge in [0, 0.05) is 17.1 Å². The standard InChI is InChI=1S/C14H18O3S/c1-4-17-11(16)14-10(15)8-12(2,3)13(14)6-5-9(7-13)18-14/h5-6,9H,4,7-8H2,1-3H3/t9-,13+,14?/m1/s1. The molecule has 1 spiro atoms. The topological polar surface area (TPSA) is 43.4 Å². The summed E-state index contributed by atoms with van der Waals surface area (Å²) in [5.41, 5.74) is -0.496. The second-order valence-corrected chi connectivity index (χ2v) is 7.53. The number of esters is 1. The van der Waals surface area contributed by atoms with Gasteiger partial charge in [0.1, 0.15) is 0 Å². The van der Waals surface area contributed by atoms with Crippen LogP contribution in [0.25, 0.3) is 0 Å². The van der Waals surface area contributed by atoms with Gasteiger partial charge in [-0.05, 0) is 18.8 Å². The summed E-state index contributed by atoms with van der Waals surface area (Å²) in [5.74, 6) is -0.264. The van der Waals surface area contributed by atoms with E-state index in [1.54, 1.807) is 6.92 Å². The zero-order valence-corrected chi connectivity index (χ0v) is 11.8. The van der Waals surface area contributed by atoms with Gasteiger partial charge in [-0.25, -0.2) is 0 Å². The molecule has 3 atom stereocenters. The summed E-state index contributed by atoms with van der Waals surface area (Å²) in [5, 5.41) is 0.290. The van der Waals surface area contributed by atoms with Gasteiger partial charge in [-0.2, -0.15) is 0 Å². The molecular formula is C14H18O3S. The molecule has 1 saturated heterocycles. The molecule has 0 aromatic carbocycles. The lowest BCUT2D eigenvalue weighted by molar-refractivity contribution is -0.151. The summed E-state index contributed by atoms with van der Waals surface area (Å²) in [6.45, 7) is 6.33. The SMILES string of the molecule is CCOC(=O)C12S[C@@H]3C=C[C@]1(C3)C(C)(C)CC2=O. The van der Waals surface area contributed by atoms with E-state index in [0.29, 0.717) is 13.0 Å². The molecule has 4 heteroatoms. The van der Waals surface area contributed by atoms with Crippen molar-refractivity contribution >= 4 is 23.5 Å². The molecule has 0 amide bonds. The highest BCUT2D eigenvalue weighted by Crippen LogP contribution is 2.73. The van der Waals surface area contributed by atoms with Crippen molar-refractivity contribution in [3.63, 3.8) is 0 Å². The maximum atomic E-state index is 12.5. The Kier molecular flexibility index (Phi) is 2.32. The second-order valence-electron chi connectivity index (χ2n) is 6.08. The van der Waals surface area contributed by atoms with Gasteiger partial charge < -0.3 is 4.74 Å². The van der Waals surface area contributed by atoms with E-state index in [4.69, 9.17) is 4.74 Å². The van der Waals surface area contributed by atoms with Gasteiger partial charge >= 0.3 is 5.97 Å². The Morgan fingerprint density at radius 2 is 2.28 bits per heavy atom. The Bertz CT molecular complexity index is 468. The Balaban J connectivity index is 2.16. The zero-order valence-electron chi connectivity index (χ0n) is 11.0. The van der Waals surface area contributed by atoms with Crippen LogP contribution in [0.5, 0.6) is 0 Å². The number of hydrogen-bond acceptors (Lipinski definition) is 4. The molecule has 2 fully saturated rings. The lowest BCUT2D eigenvalue weighted by Crippen LogP contribution is -2.52. The highest BCUT2D eigenvalue weighted by Gasteiger charge is 2.77. The van der Waals surface area contributed by atoms with Gasteiger partial charge in [0.15, 0.2) is 10.5 Å². The Hall–Kier alpha value is -0.770. The summed E-state index contributed by atoms with van der Waals surface area (Å²) >= 11 is 1.52. The number of ether oxygens (including phenoxy) is 1. The summed E-state index contributed by atoms with van der Waals surface area (Å²) in [6.07, 6.45) is 5.64. The minimum atomic E-state index is -0.966. The number of allylic oxidation sites excluding steroid dienone is 1. The van der Waals surface area contributed by atoms with Crippen molar-refractivity contribution in [2.24, 2.45) is 10.8 Å². The minimum Gasteiger partial charge on any atom is -0.465 e. The van der Waals surface area contributed by atoms with E-state index < -0.39 is 4.75 Å². The lowest BCUT2D eigenvalue weighted by Gasteiger charge is -2.42. The van der Waals surface area contributed by atoms with Crippen LogP contribution in [-0.2, 0) is 14.3 Å². The predicted molar refractivity (Wildman–Crippen MR) is 70.3 cm³/mol. The van der Waals surface area contributed by atoms with E-state index in [0.717, 1.165) is 6.42 Å². The first kappa shape index (κ1) is 12.3. The van der Waals surface area contributed by atoms with Crippen LogP contribution >= 0.6 is 11.8 Å². The van der Waals surface area contributed by atoms with E-state index in [1.165, 1.54) is 11.8 Å². The summed E-state index contributed by atoms with van der Waals surface area (Å²) < 4.78 is 4.26. The summed E-state index contributed by atoms with van der Waals surface area (Å²) in [6, 6.07) is 0. The van der Waals surface area contributed by atoms with Crippen molar-refractivity contribution in [1.29, 1.82) is 0 Å². The van der Waals surface area contributed by atoms with Crippen molar-refractivity contribution < 1.29 is 14.3 Å². The minimum absolute atomic E-state index is 0.0581. The van der Waals surface area contributed by atoms with Crippen molar-refractivity contribution in [3.8, 4) is 0 Å². The number of carbonyl (C=O) groups is 2. The number of Topliss-reactive ketones (excluding diaryl/α,β-unsaturated/α-hetero) is 1. The van der Waals surface area contributed by atoms with Crippen LogP contribution in [0, 0.1) is 10.8 Å². The number of ketones is 1. The molecule has 0 aromatic rings. The molecule has 18 heavy (non-hydrogen) atoms. The maximum Gasteiger partial charge on any atom is 0.330 e. The third-order valence-corrected chi connectivity index (χ3v) is 6.58. The Labute approximate surface area is 111 Å². The number of fused-ring (bicyclic) bond motifs is 1. The number of hydrogen-bond donors (Lipinski definition) is 0. The Morgan fingerprint density at radius 3 is 2.89 bits per heavy atom. The number of rotatable bonds is 2. The fourth-order valence-electron chi connectivity index (χ4n) is 3.95. The van der Waals surface area contributed by atoms with Gasteiger partial charge in [0.05, 0.1) is 6.61 Å². The maximum absolute atomic E-state index is 12.5. The third kappa shape index (κ3) is 1.09. The van der Waals surface area contributed by atoms with E-state index in [-0.39, 0.29) is 27.8 Å².